The first-order valence-electron chi connectivity index (χ1n) is 9.60. The molecule has 0 unspecified atom stereocenters. The van der Waals surface area contributed by atoms with E-state index in [0.717, 1.165) is 28.9 Å². The quantitative estimate of drug-likeness (QED) is 0.203. The van der Waals surface area contributed by atoms with Gasteiger partial charge in [0.15, 0.2) is 0 Å². The fourth-order valence-corrected chi connectivity index (χ4v) is 2.87. The summed E-state index contributed by atoms with van der Waals surface area (Å²) in [6, 6.07) is 11.2. The van der Waals surface area contributed by atoms with E-state index in [4.69, 9.17) is 0 Å². The van der Waals surface area contributed by atoms with Crippen LogP contribution in [0, 0.1) is 12.1 Å². The van der Waals surface area contributed by atoms with Crippen LogP contribution in [0.1, 0.15) is 19.4 Å². The van der Waals surface area contributed by atoms with E-state index < -0.39 is 0 Å². The molecule has 0 aliphatic heterocycles. The van der Waals surface area contributed by atoms with Gasteiger partial charge in [0.1, 0.15) is 12.0 Å². The molecule has 0 saturated heterocycles. The Kier molecular flexibility index (Phi) is 7.66. The van der Waals surface area contributed by atoms with Crippen molar-refractivity contribution in [3.05, 3.63) is 47.2 Å². The maximum Gasteiger partial charge on any atom is 0.139 e. The lowest BCUT2D eigenvalue weighted by molar-refractivity contribution is -0.875. The van der Waals surface area contributed by atoms with Crippen LogP contribution in [0.15, 0.2) is 36.4 Å². The molecular formula is C21H30N4O3. The van der Waals surface area contributed by atoms with E-state index in [-0.39, 0.29) is 16.9 Å². The number of aromatic hydroxyl groups is 1. The number of nitrogens with one attached hydrogen (secondary N) is 3. The molecule has 0 aliphatic rings. The summed E-state index contributed by atoms with van der Waals surface area (Å²) in [5.74, 6) is 0.172. The first-order chi connectivity index (χ1) is 13.4. The smallest absolute Gasteiger partial charge is 0.139 e. The Balaban J connectivity index is 2.02. The second-order valence-corrected chi connectivity index (χ2v) is 6.78. The third-order valence-electron chi connectivity index (χ3n) is 4.88. The largest absolute Gasteiger partial charge is 0.633 e. The van der Waals surface area contributed by atoms with Gasteiger partial charge in [-0.05, 0) is 56.7 Å². The first kappa shape index (κ1) is 21.5. The van der Waals surface area contributed by atoms with Crippen LogP contribution in [0.5, 0.6) is 5.75 Å². The maximum absolute atomic E-state index is 12.3. The molecule has 0 bridgehead atoms. The number of benzene rings is 2. The van der Waals surface area contributed by atoms with Gasteiger partial charge in [0, 0.05) is 17.4 Å². The number of carbonyl (C=O) groups is 1. The Morgan fingerprint density at radius 2 is 1.68 bits per heavy atom. The highest BCUT2D eigenvalue weighted by molar-refractivity contribution is 5.78. The van der Waals surface area contributed by atoms with E-state index >= 15 is 0 Å². The lowest BCUT2D eigenvalue weighted by Crippen LogP contribution is -2.44. The molecule has 0 saturated carbocycles. The summed E-state index contributed by atoms with van der Waals surface area (Å²) in [5.41, 5.74) is 3.99. The fraction of sp³-hybridized carbons (Fsp3) is 0.381. The van der Waals surface area contributed by atoms with Crippen LogP contribution >= 0.6 is 0 Å². The Bertz CT molecular complexity index is 774. The van der Waals surface area contributed by atoms with Crippen LogP contribution in [0.4, 0.5) is 22.7 Å². The zero-order valence-electron chi connectivity index (χ0n) is 16.8. The number of aldehydes is 1. The summed E-state index contributed by atoms with van der Waals surface area (Å²) in [5, 5.41) is 31.8. The number of hydrogen-bond donors (Lipinski definition) is 4. The molecule has 0 amide bonds. The van der Waals surface area contributed by atoms with Crippen molar-refractivity contribution in [3.8, 4) is 5.75 Å². The van der Waals surface area contributed by atoms with Crippen molar-refractivity contribution in [2.45, 2.75) is 20.8 Å². The molecule has 7 heteroatoms. The van der Waals surface area contributed by atoms with Gasteiger partial charge in [0.05, 0.1) is 44.1 Å². The Labute approximate surface area is 166 Å². The van der Waals surface area contributed by atoms with Gasteiger partial charge >= 0.3 is 0 Å². The molecule has 0 fully saturated rings. The standard InChI is InChI=1S/C21H30N4O3/c1-4-25(28,5-2)12-10-22-17-6-8-18(9-7-17)24-20-14-16(3)21(27)15-19(20)23-11-13-26/h6-9,13-15,22-24,27H,4-5,10-12H2,1-3H3. The third kappa shape index (κ3) is 5.87. The summed E-state index contributed by atoms with van der Waals surface area (Å²) in [6.07, 6.45) is 0.771. The van der Waals surface area contributed by atoms with Gasteiger partial charge in [-0.3, -0.25) is 0 Å². The average Bonchev–Trinajstić information content (AvgIpc) is 2.70. The van der Waals surface area contributed by atoms with Crippen LogP contribution in [0.25, 0.3) is 0 Å². The highest BCUT2D eigenvalue weighted by atomic mass is 16.5. The highest BCUT2D eigenvalue weighted by Crippen LogP contribution is 2.32. The highest BCUT2D eigenvalue weighted by Gasteiger charge is 2.10. The van der Waals surface area contributed by atoms with Crippen molar-refractivity contribution in [1.29, 1.82) is 0 Å². The molecule has 2 aromatic carbocycles. The van der Waals surface area contributed by atoms with E-state index in [9.17, 15) is 15.1 Å². The summed E-state index contributed by atoms with van der Waals surface area (Å²) in [6.45, 7) is 8.12. The number of hydrogen-bond acceptors (Lipinski definition) is 6. The van der Waals surface area contributed by atoms with Gasteiger partial charge in [0.25, 0.3) is 0 Å². The van der Waals surface area contributed by atoms with Crippen molar-refractivity contribution >= 4 is 29.0 Å². The lowest BCUT2D eigenvalue weighted by Gasteiger charge is -2.41. The number of anilines is 4. The van der Waals surface area contributed by atoms with E-state index in [0.29, 0.717) is 31.9 Å². The number of aryl methyl sites for hydroxylation is 1. The van der Waals surface area contributed by atoms with E-state index in [1.165, 1.54) is 0 Å². The second-order valence-electron chi connectivity index (χ2n) is 6.78. The van der Waals surface area contributed by atoms with E-state index in [2.05, 4.69) is 16.0 Å². The number of phenols is 1. The summed E-state index contributed by atoms with van der Waals surface area (Å²) >= 11 is 0. The van der Waals surface area contributed by atoms with Crippen LogP contribution < -0.4 is 16.0 Å². The van der Waals surface area contributed by atoms with E-state index in [1.807, 2.05) is 51.1 Å². The summed E-state index contributed by atoms with van der Waals surface area (Å²) in [4.78, 5) is 10.7. The molecule has 0 atom stereocenters. The molecule has 4 N–H and O–H groups in total. The fourth-order valence-electron chi connectivity index (χ4n) is 2.87. The van der Waals surface area contributed by atoms with Crippen molar-refractivity contribution in [2.75, 3.05) is 48.7 Å². The Morgan fingerprint density at radius 1 is 1.04 bits per heavy atom. The number of carbonyl (C=O) groups excluding carboxylic acids is 1. The summed E-state index contributed by atoms with van der Waals surface area (Å²) in [7, 11) is 0. The van der Waals surface area contributed by atoms with Gasteiger partial charge in [-0.1, -0.05) is 0 Å². The topological polar surface area (TPSA) is 96.4 Å². The van der Waals surface area contributed by atoms with Gasteiger partial charge < -0.3 is 35.7 Å². The van der Waals surface area contributed by atoms with Crippen molar-refractivity contribution in [2.24, 2.45) is 0 Å². The molecule has 2 aromatic rings. The second kappa shape index (κ2) is 9.96. The molecule has 0 aliphatic carbocycles. The van der Waals surface area contributed by atoms with Crippen LogP contribution in [-0.2, 0) is 4.79 Å². The van der Waals surface area contributed by atoms with E-state index in [1.54, 1.807) is 6.07 Å². The Hall–Kier alpha value is -2.77. The predicted molar refractivity (Wildman–Crippen MR) is 115 cm³/mol. The molecule has 0 spiro atoms. The molecular weight excluding hydrogens is 356 g/mol. The Morgan fingerprint density at radius 3 is 2.29 bits per heavy atom. The third-order valence-corrected chi connectivity index (χ3v) is 4.88. The van der Waals surface area contributed by atoms with Gasteiger partial charge in [-0.15, -0.1) is 0 Å². The molecule has 152 valence electrons. The van der Waals surface area contributed by atoms with Crippen molar-refractivity contribution in [3.63, 3.8) is 0 Å². The monoisotopic (exact) mass is 386 g/mol. The minimum absolute atomic E-state index is 0.162. The zero-order valence-corrected chi connectivity index (χ0v) is 16.8. The number of phenolic OH excluding ortho intramolecular Hbond substituents is 1. The molecule has 28 heavy (non-hydrogen) atoms. The number of nitrogens with zero attached hydrogens (tertiary/aromatic N) is 1. The average molecular weight is 386 g/mol. The number of rotatable bonds is 11. The van der Waals surface area contributed by atoms with Crippen molar-refractivity contribution in [1.82, 2.24) is 0 Å². The van der Waals surface area contributed by atoms with Crippen LogP contribution in [0.2, 0.25) is 0 Å². The van der Waals surface area contributed by atoms with Gasteiger partial charge in [-0.2, -0.15) is 0 Å². The maximum atomic E-state index is 12.3. The lowest BCUT2D eigenvalue weighted by atomic mass is 10.1. The molecule has 0 radical (unpaired) electrons. The van der Waals surface area contributed by atoms with Crippen LogP contribution in [-0.4, -0.2) is 48.8 Å². The molecule has 0 aromatic heterocycles. The SMILES string of the molecule is CC[N+]([O-])(CC)CCNc1ccc(Nc2cc(C)c(O)cc2NCC=O)cc1. The van der Waals surface area contributed by atoms with Crippen LogP contribution in [0.3, 0.4) is 0 Å². The van der Waals surface area contributed by atoms with Gasteiger partial charge in [0.2, 0.25) is 0 Å². The zero-order chi connectivity index (χ0) is 20.6. The van der Waals surface area contributed by atoms with Crippen molar-refractivity contribution < 1.29 is 14.5 Å². The first-order valence-corrected chi connectivity index (χ1v) is 9.60. The van der Waals surface area contributed by atoms with Gasteiger partial charge in [-0.25, -0.2) is 0 Å². The predicted octanol–water partition coefficient (Wildman–Crippen LogP) is 3.82. The minimum Gasteiger partial charge on any atom is -0.633 e. The summed E-state index contributed by atoms with van der Waals surface area (Å²) < 4.78 is -0.191. The molecule has 0 heterocycles. The molecule has 7 nitrogen and oxygen atoms in total. The number of likely N-dealkylation sites (N-methyl/N-ethyl adjacent to an activating group) is 1. The molecule has 2 rings (SSSR count). The normalized spacial score (nSPS) is 11.1. The minimum atomic E-state index is -0.191. The number of hydroxylamine groups is 3. The number of quaternary nitrogens is 1.